The van der Waals surface area contributed by atoms with Crippen molar-refractivity contribution >= 4 is 18.2 Å². The van der Waals surface area contributed by atoms with E-state index in [0.29, 0.717) is 24.1 Å². The smallest absolute Gasteiger partial charge is 0.328 e. The molecule has 3 N–H and O–H groups in total. The van der Waals surface area contributed by atoms with Gasteiger partial charge in [-0.05, 0) is 6.42 Å². The number of carbonyl (C=O) groups is 2. The number of hydrogen-bond donors (Lipinski definition) is 3. The Balaban J connectivity index is 0.000000203. The molecule has 0 aromatic carbocycles. The summed E-state index contributed by atoms with van der Waals surface area (Å²) in [7, 11) is 0. The van der Waals surface area contributed by atoms with Crippen molar-refractivity contribution in [3.05, 3.63) is 36.5 Å². The molecule has 1 heterocycles. The first-order valence-corrected chi connectivity index (χ1v) is 5.80. The number of fused-ring (bicyclic) bond motifs is 1. The highest BCUT2D eigenvalue weighted by Crippen LogP contribution is 2.14. The van der Waals surface area contributed by atoms with Gasteiger partial charge in [-0.25, -0.2) is 9.59 Å². The zero-order chi connectivity index (χ0) is 14.1. The number of aliphatic carboxylic acids is 2. The van der Waals surface area contributed by atoms with E-state index >= 15 is 0 Å². The highest BCUT2D eigenvalue weighted by molar-refractivity contribution is 5.89. The standard InChI is InChI=1S/C9H12N2.C4H4O4/c1-2-4-8-6-10-7-11-9(8)5-3-1;5-3(6)1-2-4(7)8/h1-3,5-6,8-9,11H,4,7H2;1-2H,(H,5,6)(H,7,8)/b;2-1-. The molecule has 19 heavy (non-hydrogen) atoms. The Morgan fingerprint density at radius 2 is 1.89 bits per heavy atom. The van der Waals surface area contributed by atoms with Crippen molar-refractivity contribution in [2.45, 2.75) is 12.5 Å². The van der Waals surface area contributed by atoms with Crippen molar-refractivity contribution in [1.82, 2.24) is 5.32 Å². The second kappa shape index (κ2) is 7.99. The monoisotopic (exact) mass is 264 g/mol. The summed E-state index contributed by atoms with van der Waals surface area (Å²) >= 11 is 0. The summed E-state index contributed by atoms with van der Waals surface area (Å²) in [6.45, 7) is 0.769. The van der Waals surface area contributed by atoms with Gasteiger partial charge in [-0.1, -0.05) is 24.3 Å². The van der Waals surface area contributed by atoms with E-state index in [1.54, 1.807) is 0 Å². The molecule has 6 nitrogen and oxygen atoms in total. The van der Waals surface area contributed by atoms with Crippen molar-refractivity contribution in [1.29, 1.82) is 0 Å². The van der Waals surface area contributed by atoms with Gasteiger partial charge < -0.3 is 10.2 Å². The molecule has 1 aliphatic heterocycles. The number of carboxylic acid groups (broad SMARTS) is 2. The largest absolute Gasteiger partial charge is 0.478 e. The zero-order valence-electron chi connectivity index (χ0n) is 10.3. The van der Waals surface area contributed by atoms with Crippen LogP contribution in [-0.4, -0.2) is 41.1 Å². The number of carboxylic acids is 2. The van der Waals surface area contributed by atoms with Crippen molar-refractivity contribution < 1.29 is 19.8 Å². The van der Waals surface area contributed by atoms with Gasteiger partial charge in [0.15, 0.2) is 0 Å². The predicted molar refractivity (Wildman–Crippen MR) is 71.1 cm³/mol. The van der Waals surface area contributed by atoms with Crippen LogP contribution < -0.4 is 5.32 Å². The van der Waals surface area contributed by atoms with Gasteiger partial charge in [0.1, 0.15) is 0 Å². The fraction of sp³-hybridized carbons (Fsp3) is 0.308. The van der Waals surface area contributed by atoms with Gasteiger partial charge in [-0.3, -0.25) is 10.3 Å². The molecular formula is C13H16N2O4. The van der Waals surface area contributed by atoms with Crippen LogP contribution in [0.5, 0.6) is 0 Å². The van der Waals surface area contributed by atoms with E-state index in [-0.39, 0.29) is 0 Å². The molecule has 0 aromatic heterocycles. The third-order valence-electron chi connectivity index (χ3n) is 2.52. The molecule has 1 aliphatic carbocycles. The predicted octanol–water partition coefficient (Wildman–Crippen LogP) is 0.831. The third kappa shape index (κ3) is 6.32. The van der Waals surface area contributed by atoms with E-state index in [0.717, 1.165) is 13.1 Å². The Labute approximate surface area is 110 Å². The van der Waals surface area contributed by atoms with E-state index in [9.17, 15) is 9.59 Å². The molecule has 0 aromatic rings. The van der Waals surface area contributed by atoms with Gasteiger partial charge in [-0.2, -0.15) is 0 Å². The fourth-order valence-electron chi connectivity index (χ4n) is 1.65. The Morgan fingerprint density at radius 3 is 2.53 bits per heavy atom. The van der Waals surface area contributed by atoms with Gasteiger partial charge in [-0.15, -0.1) is 0 Å². The van der Waals surface area contributed by atoms with Crippen LogP contribution in [0, 0.1) is 5.92 Å². The molecule has 102 valence electrons. The summed E-state index contributed by atoms with van der Waals surface area (Å²) in [5.74, 6) is -1.95. The molecule has 2 aliphatic rings. The second-order valence-corrected chi connectivity index (χ2v) is 3.94. The van der Waals surface area contributed by atoms with Crippen LogP contribution in [0.2, 0.25) is 0 Å². The Bertz CT molecular complexity index is 422. The van der Waals surface area contributed by atoms with Gasteiger partial charge in [0, 0.05) is 30.3 Å². The van der Waals surface area contributed by atoms with E-state index in [4.69, 9.17) is 10.2 Å². The topological polar surface area (TPSA) is 99.0 Å². The average Bonchev–Trinajstić information content (AvgIpc) is 2.62. The molecule has 2 unspecified atom stereocenters. The number of allylic oxidation sites excluding steroid dienone is 3. The van der Waals surface area contributed by atoms with Crippen molar-refractivity contribution in [2.24, 2.45) is 10.9 Å². The lowest BCUT2D eigenvalue weighted by Crippen LogP contribution is -2.38. The Hall–Kier alpha value is -2.21. The maximum Gasteiger partial charge on any atom is 0.328 e. The number of nitrogens with zero attached hydrogens (tertiary/aromatic N) is 1. The van der Waals surface area contributed by atoms with Crippen molar-refractivity contribution in [3.63, 3.8) is 0 Å². The first-order chi connectivity index (χ1) is 9.09. The molecule has 6 heteroatoms. The lowest BCUT2D eigenvalue weighted by molar-refractivity contribution is -0.134. The number of rotatable bonds is 2. The summed E-state index contributed by atoms with van der Waals surface area (Å²) in [5.41, 5.74) is 0. The molecule has 2 atom stereocenters. The van der Waals surface area contributed by atoms with E-state index < -0.39 is 11.9 Å². The first-order valence-electron chi connectivity index (χ1n) is 5.80. The molecule has 0 saturated carbocycles. The first kappa shape index (κ1) is 14.8. The quantitative estimate of drug-likeness (QED) is 0.642. The molecule has 0 saturated heterocycles. The third-order valence-corrected chi connectivity index (χ3v) is 2.52. The summed E-state index contributed by atoms with van der Waals surface area (Å²) in [4.78, 5) is 23.3. The number of hydrogen-bond acceptors (Lipinski definition) is 4. The average molecular weight is 264 g/mol. The molecular weight excluding hydrogens is 248 g/mol. The molecule has 0 radical (unpaired) electrons. The summed E-state index contributed by atoms with van der Waals surface area (Å²) in [5, 5.41) is 19.0. The zero-order valence-corrected chi connectivity index (χ0v) is 10.3. The minimum atomic E-state index is -1.26. The Kier molecular flexibility index (Phi) is 6.25. The highest BCUT2D eigenvalue weighted by Gasteiger charge is 2.18. The number of aliphatic imine (C=N–C) groups is 1. The lowest BCUT2D eigenvalue weighted by atomic mass is 9.97. The lowest BCUT2D eigenvalue weighted by Gasteiger charge is -2.23. The molecule has 0 bridgehead atoms. The highest BCUT2D eigenvalue weighted by atomic mass is 16.4. The van der Waals surface area contributed by atoms with Crippen LogP contribution in [0.25, 0.3) is 0 Å². The molecule has 2 rings (SSSR count). The van der Waals surface area contributed by atoms with Crippen LogP contribution in [0.4, 0.5) is 0 Å². The Morgan fingerprint density at radius 1 is 1.21 bits per heavy atom. The van der Waals surface area contributed by atoms with Gasteiger partial charge in [0.25, 0.3) is 0 Å². The molecule has 0 amide bonds. The van der Waals surface area contributed by atoms with E-state index in [1.165, 1.54) is 0 Å². The van der Waals surface area contributed by atoms with Crippen LogP contribution in [0.15, 0.2) is 41.4 Å². The van der Waals surface area contributed by atoms with Gasteiger partial charge >= 0.3 is 11.9 Å². The van der Waals surface area contributed by atoms with Crippen LogP contribution >= 0.6 is 0 Å². The van der Waals surface area contributed by atoms with Crippen LogP contribution in [-0.2, 0) is 9.59 Å². The van der Waals surface area contributed by atoms with Gasteiger partial charge in [0.05, 0.1) is 6.67 Å². The summed E-state index contributed by atoms with van der Waals surface area (Å²) in [6, 6.07) is 0.502. The normalized spacial score (nSPS) is 24.2. The van der Waals surface area contributed by atoms with Crippen molar-refractivity contribution in [2.75, 3.05) is 6.67 Å². The summed E-state index contributed by atoms with van der Waals surface area (Å²) in [6.07, 6.45) is 12.9. The van der Waals surface area contributed by atoms with Gasteiger partial charge in [0.2, 0.25) is 0 Å². The maximum atomic E-state index is 9.55. The maximum absolute atomic E-state index is 9.55. The van der Waals surface area contributed by atoms with Crippen LogP contribution in [0.3, 0.4) is 0 Å². The summed E-state index contributed by atoms with van der Waals surface area (Å²) < 4.78 is 0. The van der Waals surface area contributed by atoms with Crippen LogP contribution in [0.1, 0.15) is 6.42 Å². The minimum Gasteiger partial charge on any atom is -0.478 e. The SMILES string of the molecule is C1=CCC2C=NCNC2C=C1.O=C(O)/C=C\C(=O)O. The molecule has 0 fully saturated rings. The molecule has 0 spiro atoms. The fourth-order valence-corrected chi connectivity index (χ4v) is 1.65. The second-order valence-electron chi connectivity index (χ2n) is 3.94. The minimum absolute atomic E-state index is 0.502. The van der Waals surface area contributed by atoms with Crippen molar-refractivity contribution in [3.8, 4) is 0 Å². The van der Waals surface area contributed by atoms with E-state index in [2.05, 4.69) is 40.8 Å². The number of nitrogens with one attached hydrogen (secondary N) is 1. The van der Waals surface area contributed by atoms with E-state index in [1.807, 2.05) is 0 Å².